The number of rotatable bonds is 4. The molecule has 0 saturated heterocycles. The molecule has 1 N–H and O–H groups in total. The van der Waals surface area contributed by atoms with Gasteiger partial charge in [-0.2, -0.15) is 0 Å². The third kappa shape index (κ3) is 3.06. The van der Waals surface area contributed by atoms with Crippen molar-refractivity contribution in [2.45, 2.75) is 6.42 Å². The van der Waals surface area contributed by atoms with E-state index in [9.17, 15) is 4.79 Å². The lowest BCUT2D eigenvalue weighted by molar-refractivity contribution is -0.115. The van der Waals surface area contributed by atoms with Crippen molar-refractivity contribution in [1.29, 1.82) is 0 Å². The fourth-order valence-corrected chi connectivity index (χ4v) is 2.35. The Hall–Kier alpha value is -2.88. The molecule has 1 amide bonds. The maximum Gasteiger partial charge on any atom is 0.228 e. The molecular formula is C18H16N2O2. The molecule has 0 bridgehead atoms. The summed E-state index contributed by atoms with van der Waals surface area (Å²) in [5.74, 6) is 0.736. The van der Waals surface area contributed by atoms with Crippen LogP contribution in [0.5, 0.6) is 5.75 Å². The van der Waals surface area contributed by atoms with Crippen LogP contribution in [-0.2, 0) is 11.2 Å². The van der Waals surface area contributed by atoms with Crippen molar-refractivity contribution in [3.05, 3.63) is 66.5 Å². The van der Waals surface area contributed by atoms with Crippen LogP contribution < -0.4 is 10.1 Å². The van der Waals surface area contributed by atoms with Crippen molar-refractivity contribution in [2.24, 2.45) is 0 Å². The van der Waals surface area contributed by atoms with Gasteiger partial charge in [-0.25, -0.2) is 0 Å². The Balaban J connectivity index is 1.75. The highest BCUT2D eigenvalue weighted by molar-refractivity contribution is 6.02. The summed E-state index contributed by atoms with van der Waals surface area (Å²) < 4.78 is 5.11. The Labute approximate surface area is 128 Å². The number of anilines is 1. The summed E-state index contributed by atoms with van der Waals surface area (Å²) in [6.45, 7) is 0. The predicted octanol–water partition coefficient (Wildman–Crippen LogP) is 3.42. The van der Waals surface area contributed by atoms with E-state index in [0.29, 0.717) is 6.42 Å². The third-order valence-corrected chi connectivity index (χ3v) is 3.48. The van der Waals surface area contributed by atoms with E-state index in [1.54, 1.807) is 19.5 Å². The molecule has 0 saturated carbocycles. The van der Waals surface area contributed by atoms with E-state index in [-0.39, 0.29) is 5.91 Å². The highest BCUT2D eigenvalue weighted by Gasteiger charge is 2.07. The lowest BCUT2D eigenvalue weighted by atomic mass is 10.1. The largest absolute Gasteiger partial charge is 0.497 e. The predicted molar refractivity (Wildman–Crippen MR) is 87.1 cm³/mol. The van der Waals surface area contributed by atoms with Gasteiger partial charge in [-0.15, -0.1) is 0 Å². The van der Waals surface area contributed by atoms with Gasteiger partial charge in [0.25, 0.3) is 0 Å². The topological polar surface area (TPSA) is 51.2 Å². The number of pyridine rings is 1. The summed E-state index contributed by atoms with van der Waals surface area (Å²) in [5, 5.41) is 4.96. The Morgan fingerprint density at radius 3 is 2.73 bits per heavy atom. The number of hydrogen-bond donors (Lipinski definition) is 1. The maximum absolute atomic E-state index is 12.2. The van der Waals surface area contributed by atoms with E-state index in [4.69, 9.17) is 4.74 Å². The molecular weight excluding hydrogens is 276 g/mol. The zero-order valence-electron chi connectivity index (χ0n) is 12.2. The lowest BCUT2D eigenvalue weighted by Gasteiger charge is -2.09. The lowest BCUT2D eigenvalue weighted by Crippen LogP contribution is -2.14. The van der Waals surface area contributed by atoms with E-state index >= 15 is 0 Å². The Morgan fingerprint density at radius 2 is 1.95 bits per heavy atom. The molecule has 4 heteroatoms. The van der Waals surface area contributed by atoms with Crippen LogP contribution in [0, 0.1) is 0 Å². The molecule has 0 atom stereocenters. The average molecular weight is 292 g/mol. The van der Waals surface area contributed by atoms with Gasteiger partial charge in [-0.05, 0) is 29.8 Å². The summed E-state index contributed by atoms with van der Waals surface area (Å²) >= 11 is 0. The van der Waals surface area contributed by atoms with Gasteiger partial charge >= 0.3 is 0 Å². The van der Waals surface area contributed by atoms with Crippen molar-refractivity contribution in [3.63, 3.8) is 0 Å². The number of carbonyl (C=O) groups excluding carboxylic acids is 1. The molecule has 0 radical (unpaired) electrons. The number of nitrogens with zero attached hydrogens (tertiary/aromatic N) is 1. The summed E-state index contributed by atoms with van der Waals surface area (Å²) in [6, 6.07) is 15.2. The smallest absolute Gasteiger partial charge is 0.228 e. The highest BCUT2D eigenvalue weighted by Crippen LogP contribution is 2.22. The van der Waals surface area contributed by atoms with Crippen LogP contribution in [0.1, 0.15) is 5.56 Å². The molecule has 1 heterocycles. The van der Waals surface area contributed by atoms with Gasteiger partial charge in [0.15, 0.2) is 0 Å². The van der Waals surface area contributed by atoms with Crippen LogP contribution in [-0.4, -0.2) is 18.0 Å². The molecule has 0 fully saturated rings. The number of hydrogen-bond acceptors (Lipinski definition) is 3. The van der Waals surface area contributed by atoms with Gasteiger partial charge in [0, 0.05) is 28.9 Å². The van der Waals surface area contributed by atoms with E-state index in [0.717, 1.165) is 27.8 Å². The first-order valence-corrected chi connectivity index (χ1v) is 7.02. The Bertz CT molecular complexity index is 792. The highest BCUT2D eigenvalue weighted by atomic mass is 16.5. The Kier molecular flexibility index (Phi) is 4.01. The van der Waals surface area contributed by atoms with E-state index in [1.165, 1.54) is 0 Å². The van der Waals surface area contributed by atoms with Crippen molar-refractivity contribution in [3.8, 4) is 5.75 Å². The van der Waals surface area contributed by atoms with E-state index in [2.05, 4.69) is 10.3 Å². The maximum atomic E-state index is 12.2. The van der Waals surface area contributed by atoms with Crippen LogP contribution in [0.25, 0.3) is 10.8 Å². The van der Waals surface area contributed by atoms with Crippen LogP contribution in [0.15, 0.2) is 60.9 Å². The minimum atomic E-state index is -0.0468. The number of methoxy groups -OCH3 is 1. The van der Waals surface area contributed by atoms with Gasteiger partial charge in [0.2, 0.25) is 5.91 Å². The molecule has 2 aromatic carbocycles. The number of amides is 1. The summed E-state index contributed by atoms with van der Waals surface area (Å²) in [5.41, 5.74) is 1.75. The molecule has 3 rings (SSSR count). The first kappa shape index (κ1) is 14.1. The molecule has 1 aromatic heterocycles. The fourth-order valence-electron chi connectivity index (χ4n) is 2.35. The normalized spacial score (nSPS) is 10.4. The van der Waals surface area contributed by atoms with Crippen LogP contribution in [0.2, 0.25) is 0 Å². The number of ether oxygens (including phenoxy) is 1. The SMILES string of the molecule is COc1ccc(CC(=O)Nc2cccc3cnccc23)cc1. The van der Waals surface area contributed by atoms with Gasteiger partial charge < -0.3 is 10.1 Å². The second-order valence-corrected chi connectivity index (χ2v) is 4.98. The molecule has 0 aliphatic carbocycles. The molecule has 110 valence electrons. The minimum absolute atomic E-state index is 0.0468. The minimum Gasteiger partial charge on any atom is -0.497 e. The van der Waals surface area contributed by atoms with E-state index < -0.39 is 0 Å². The number of aromatic nitrogens is 1. The first-order chi connectivity index (χ1) is 10.8. The number of carbonyl (C=O) groups is 1. The second-order valence-electron chi connectivity index (χ2n) is 4.98. The summed E-state index contributed by atoms with van der Waals surface area (Å²) in [7, 11) is 1.62. The quantitative estimate of drug-likeness (QED) is 0.801. The second kappa shape index (κ2) is 6.26. The molecule has 22 heavy (non-hydrogen) atoms. The number of nitrogens with one attached hydrogen (secondary N) is 1. The molecule has 4 nitrogen and oxygen atoms in total. The molecule has 0 aliphatic rings. The summed E-state index contributed by atoms with van der Waals surface area (Å²) in [6.07, 6.45) is 3.83. The third-order valence-electron chi connectivity index (χ3n) is 3.48. The molecule has 3 aromatic rings. The molecule has 0 aliphatic heterocycles. The van der Waals surface area contributed by atoms with Crippen molar-refractivity contribution < 1.29 is 9.53 Å². The van der Waals surface area contributed by atoms with Gasteiger partial charge in [-0.1, -0.05) is 24.3 Å². The number of benzene rings is 2. The van der Waals surface area contributed by atoms with Gasteiger partial charge in [0.05, 0.1) is 13.5 Å². The van der Waals surface area contributed by atoms with Crippen molar-refractivity contribution in [1.82, 2.24) is 4.98 Å². The summed E-state index contributed by atoms with van der Waals surface area (Å²) in [4.78, 5) is 16.3. The van der Waals surface area contributed by atoms with Crippen LogP contribution in [0.4, 0.5) is 5.69 Å². The monoisotopic (exact) mass is 292 g/mol. The van der Waals surface area contributed by atoms with Crippen LogP contribution >= 0.6 is 0 Å². The molecule has 0 spiro atoms. The fraction of sp³-hybridized carbons (Fsp3) is 0.111. The van der Waals surface area contributed by atoms with Crippen molar-refractivity contribution >= 4 is 22.4 Å². The first-order valence-electron chi connectivity index (χ1n) is 7.02. The zero-order valence-corrected chi connectivity index (χ0v) is 12.2. The standard InChI is InChI=1S/C18H16N2O2/c1-22-15-7-5-13(6-8-15)11-18(21)20-17-4-2-3-14-12-19-10-9-16(14)17/h2-10,12H,11H2,1H3,(H,20,21). The number of fused-ring (bicyclic) bond motifs is 1. The van der Waals surface area contributed by atoms with Gasteiger partial charge in [-0.3, -0.25) is 9.78 Å². The van der Waals surface area contributed by atoms with Crippen LogP contribution in [0.3, 0.4) is 0 Å². The average Bonchev–Trinajstić information content (AvgIpc) is 2.56. The van der Waals surface area contributed by atoms with Gasteiger partial charge in [0.1, 0.15) is 5.75 Å². The molecule has 0 unspecified atom stereocenters. The van der Waals surface area contributed by atoms with Crippen molar-refractivity contribution in [2.75, 3.05) is 12.4 Å². The Morgan fingerprint density at radius 1 is 1.14 bits per heavy atom. The zero-order chi connectivity index (χ0) is 15.4. The van der Waals surface area contributed by atoms with E-state index in [1.807, 2.05) is 48.5 Å².